The second-order valence-electron chi connectivity index (χ2n) is 4.52. The number of carbonyl (C=O) groups is 2. The number of ether oxygens (including phenoxy) is 1. The largest absolute Gasteiger partial charge is 0.478 e. The molecule has 4 heteroatoms. The van der Waals surface area contributed by atoms with Crippen molar-refractivity contribution in [2.75, 3.05) is 0 Å². The van der Waals surface area contributed by atoms with E-state index in [2.05, 4.69) is 0 Å². The summed E-state index contributed by atoms with van der Waals surface area (Å²) in [6.07, 6.45) is 1.50. The van der Waals surface area contributed by atoms with Crippen LogP contribution in [0.4, 0.5) is 0 Å². The highest BCUT2D eigenvalue weighted by Gasteiger charge is 2.38. The number of Topliss-reactive ketones (excluding diaryl/α,β-unsaturated/α-hetero) is 1. The summed E-state index contributed by atoms with van der Waals surface area (Å²) in [5.41, 5.74) is 0.628. The molecule has 0 heterocycles. The monoisotopic (exact) mass is 248 g/mol. The number of benzene rings is 1. The van der Waals surface area contributed by atoms with E-state index in [0.717, 1.165) is 12.8 Å². The van der Waals surface area contributed by atoms with E-state index in [4.69, 9.17) is 9.84 Å². The van der Waals surface area contributed by atoms with Crippen molar-refractivity contribution >= 4 is 11.8 Å². The minimum absolute atomic E-state index is 0.0681. The molecule has 0 aliphatic heterocycles. The SMILES string of the molecule is CCC(=O)c1ccc(OC(C(=O)O)C2CC2)cc1. The summed E-state index contributed by atoms with van der Waals surface area (Å²) in [5.74, 6) is -0.230. The molecule has 0 amide bonds. The Morgan fingerprint density at radius 3 is 2.39 bits per heavy atom. The van der Waals surface area contributed by atoms with Crippen molar-refractivity contribution in [3.63, 3.8) is 0 Å². The first-order valence-corrected chi connectivity index (χ1v) is 6.14. The Morgan fingerprint density at radius 2 is 1.94 bits per heavy atom. The molecule has 96 valence electrons. The average molecular weight is 248 g/mol. The highest BCUT2D eigenvalue weighted by Crippen LogP contribution is 2.35. The maximum atomic E-state index is 11.4. The molecule has 1 saturated carbocycles. The van der Waals surface area contributed by atoms with Gasteiger partial charge < -0.3 is 9.84 Å². The van der Waals surface area contributed by atoms with Gasteiger partial charge in [-0.1, -0.05) is 6.92 Å². The minimum atomic E-state index is -0.925. The molecule has 1 unspecified atom stereocenters. The lowest BCUT2D eigenvalue weighted by atomic mass is 10.1. The second-order valence-corrected chi connectivity index (χ2v) is 4.52. The molecule has 0 aromatic heterocycles. The lowest BCUT2D eigenvalue weighted by Gasteiger charge is -2.14. The maximum absolute atomic E-state index is 11.4. The predicted molar refractivity (Wildman–Crippen MR) is 65.8 cm³/mol. The molecular weight excluding hydrogens is 232 g/mol. The Morgan fingerprint density at radius 1 is 1.33 bits per heavy atom. The highest BCUT2D eigenvalue weighted by atomic mass is 16.5. The quantitative estimate of drug-likeness (QED) is 0.786. The summed E-state index contributed by atoms with van der Waals surface area (Å²) in [5, 5.41) is 9.05. The third kappa shape index (κ3) is 2.88. The van der Waals surface area contributed by atoms with E-state index in [0.29, 0.717) is 17.7 Å². The molecule has 18 heavy (non-hydrogen) atoms. The smallest absolute Gasteiger partial charge is 0.345 e. The van der Waals surface area contributed by atoms with Gasteiger partial charge in [-0.2, -0.15) is 0 Å². The fourth-order valence-electron chi connectivity index (χ4n) is 1.82. The van der Waals surface area contributed by atoms with Crippen LogP contribution in [0.2, 0.25) is 0 Å². The molecule has 2 rings (SSSR count). The zero-order valence-corrected chi connectivity index (χ0v) is 10.3. The predicted octanol–water partition coefficient (Wildman–Crippen LogP) is 2.52. The number of hydrogen-bond acceptors (Lipinski definition) is 3. The molecule has 0 radical (unpaired) electrons. The third-order valence-electron chi connectivity index (χ3n) is 3.05. The zero-order valence-electron chi connectivity index (χ0n) is 10.3. The Balaban J connectivity index is 2.05. The van der Waals surface area contributed by atoms with E-state index >= 15 is 0 Å². The van der Waals surface area contributed by atoms with Crippen LogP contribution in [-0.4, -0.2) is 23.0 Å². The maximum Gasteiger partial charge on any atom is 0.345 e. The van der Waals surface area contributed by atoms with Crippen LogP contribution in [0.5, 0.6) is 5.75 Å². The van der Waals surface area contributed by atoms with E-state index in [-0.39, 0.29) is 11.7 Å². The van der Waals surface area contributed by atoms with E-state index in [1.165, 1.54) is 0 Å². The summed E-state index contributed by atoms with van der Waals surface area (Å²) >= 11 is 0. The van der Waals surface area contributed by atoms with E-state index in [9.17, 15) is 9.59 Å². The lowest BCUT2D eigenvalue weighted by molar-refractivity contribution is -0.146. The Labute approximate surface area is 106 Å². The summed E-state index contributed by atoms with van der Waals surface area (Å²) in [6.45, 7) is 1.81. The highest BCUT2D eigenvalue weighted by molar-refractivity contribution is 5.95. The molecule has 1 aliphatic rings. The van der Waals surface area contributed by atoms with Gasteiger partial charge in [0.2, 0.25) is 0 Å². The molecule has 0 saturated heterocycles. The molecule has 0 spiro atoms. The first-order valence-electron chi connectivity index (χ1n) is 6.14. The van der Waals surface area contributed by atoms with Crippen molar-refractivity contribution in [1.82, 2.24) is 0 Å². The van der Waals surface area contributed by atoms with E-state index in [1.54, 1.807) is 31.2 Å². The molecule has 4 nitrogen and oxygen atoms in total. The van der Waals surface area contributed by atoms with E-state index in [1.807, 2.05) is 0 Å². The number of ketones is 1. The lowest BCUT2D eigenvalue weighted by Crippen LogP contribution is -2.29. The average Bonchev–Trinajstić information content (AvgIpc) is 3.19. The number of rotatable bonds is 6. The van der Waals surface area contributed by atoms with E-state index < -0.39 is 12.1 Å². The zero-order chi connectivity index (χ0) is 13.1. The van der Waals surface area contributed by atoms with Gasteiger partial charge in [0.05, 0.1) is 0 Å². The normalized spacial score (nSPS) is 16.1. The Bertz CT molecular complexity index is 445. The van der Waals surface area contributed by atoms with Crippen LogP contribution in [-0.2, 0) is 4.79 Å². The molecule has 1 aromatic rings. The van der Waals surface area contributed by atoms with Crippen molar-refractivity contribution in [1.29, 1.82) is 0 Å². The third-order valence-corrected chi connectivity index (χ3v) is 3.05. The summed E-state index contributed by atoms with van der Waals surface area (Å²) in [4.78, 5) is 22.5. The standard InChI is InChI=1S/C14H16O4/c1-2-12(15)9-5-7-11(8-6-9)18-13(14(16)17)10-3-4-10/h5-8,10,13H,2-4H2,1H3,(H,16,17). The fraction of sp³-hybridized carbons (Fsp3) is 0.429. The van der Waals surface area contributed by atoms with Gasteiger partial charge in [0.1, 0.15) is 5.75 Å². The van der Waals surface area contributed by atoms with Gasteiger partial charge in [-0.15, -0.1) is 0 Å². The first-order chi connectivity index (χ1) is 8.61. The van der Waals surface area contributed by atoms with Gasteiger partial charge >= 0.3 is 5.97 Å². The first kappa shape index (κ1) is 12.6. The molecule has 1 atom stereocenters. The van der Waals surface area contributed by atoms with Crippen LogP contribution >= 0.6 is 0 Å². The van der Waals surface area contributed by atoms with Crippen molar-refractivity contribution in [3.05, 3.63) is 29.8 Å². The molecule has 1 N–H and O–H groups in total. The Kier molecular flexibility index (Phi) is 3.65. The summed E-state index contributed by atoms with van der Waals surface area (Å²) in [6, 6.07) is 6.66. The number of hydrogen-bond donors (Lipinski definition) is 1. The van der Waals surface area contributed by atoms with Crippen LogP contribution in [0.25, 0.3) is 0 Å². The van der Waals surface area contributed by atoms with Crippen LogP contribution in [0.3, 0.4) is 0 Å². The molecule has 1 aromatic carbocycles. The van der Waals surface area contributed by atoms with Gasteiger partial charge in [0.15, 0.2) is 11.9 Å². The van der Waals surface area contributed by atoms with Crippen LogP contribution in [0.15, 0.2) is 24.3 Å². The summed E-state index contributed by atoms with van der Waals surface area (Å²) < 4.78 is 5.46. The topological polar surface area (TPSA) is 63.6 Å². The number of carboxylic acids is 1. The van der Waals surface area contributed by atoms with Gasteiger partial charge in [0, 0.05) is 17.9 Å². The van der Waals surface area contributed by atoms with Gasteiger partial charge in [0.25, 0.3) is 0 Å². The summed E-state index contributed by atoms with van der Waals surface area (Å²) in [7, 11) is 0. The molecule has 0 bridgehead atoms. The molecular formula is C14H16O4. The van der Waals surface area contributed by atoms with Crippen molar-refractivity contribution in [2.45, 2.75) is 32.3 Å². The second kappa shape index (κ2) is 5.21. The number of carboxylic acid groups (broad SMARTS) is 1. The molecule has 1 fully saturated rings. The van der Waals surface area contributed by atoms with Gasteiger partial charge in [-0.3, -0.25) is 4.79 Å². The fourth-order valence-corrected chi connectivity index (χ4v) is 1.82. The van der Waals surface area contributed by atoms with Crippen LogP contribution in [0.1, 0.15) is 36.5 Å². The molecule has 1 aliphatic carbocycles. The van der Waals surface area contributed by atoms with Crippen LogP contribution < -0.4 is 4.74 Å². The van der Waals surface area contributed by atoms with Crippen molar-refractivity contribution in [3.8, 4) is 5.75 Å². The minimum Gasteiger partial charge on any atom is -0.478 e. The van der Waals surface area contributed by atoms with Gasteiger partial charge in [-0.05, 0) is 37.1 Å². The number of carbonyl (C=O) groups excluding carboxylic acids is 1. The Hall–Kier alpha value is -1.84. The van der Waals surface area contributed by atoms with Crippen LogP contribution in [0, 0.1) is 5.92 Å². The van der Waals surface area contributed by atoms with Crippen molar-refractivity contribution in [2.24, 2.45) is 5.92 Å². The van der Waals surface area contributed by atoms with Gasteiger partial charge in [-0.25, -0.2) is 4.79 Å². The van der Waals surface area contributed by atoms with Crippen molar-refractivity contribution < 1.29 is 19.4 Å². The number of aliphatic carboxylic acids is 1.